The van der Waals surface area contributed by atoms with Crippen molar-refractivity contribution in [3.63, 3.8) is 0 Å². The van der Waals surface area contributed by atoms with Crippen LogP contribution in [0.15, 0.2) is 236 Å². The molecule has 4 aliphatic heterocycles. The van der Waals surface area contributed by atoms with Crippen molar-refractivity contribution in [3.05, 3.63) is 258 Å². The van der Waals surface area contributed by atoms with Crippen molar-refractivity contribution in [2.75, 3.05) is 24.0 Å². The van der Waals surface area contributed by atoms with Crippen LogP contribution < -0.4 is 54.5 Å². The summed E-state index contributed by atoms with van der Waals surface area (Å²) >= 11 is 3.10. The van der Waals surface area contributed by atoms with E-state index >= 15 is 8.78 Å². The van der Waals surface area contributed by atoms with Gasteiger partial charge in [-0.2, -0.15) is 0 Å². The van der Waals surface area contributed by atoms with Gasteiger partial charge in [-0.3, -0.25) is 0 Å². The molecule has 0 atom stereocenters. The Kier molecular flexibility index (Phi) is 11.5. The van der Waals surface area contributed by atoms with Crippen molar-refractivity contribution in [1.29, 1.82) is 0 Å². The highest BCUT2D eigenvalue weighted by Gasteiger charge is 2.60. The quantitative estimate of drug-likeness (QED) is 0.0820. The van der Waals surface area contributed by atoms with E-state index in [9.17, 15) is 0 Å². The van der Waals surface area contributed by atoms with E-state index in [2.05, 4.69) is 182 Å². The lowest BCUT2D eigenvalue weighted by atomic mass is 9.97. The number of nitrogens with zero attached hydrogens (tertiary/aromatic N) is 5. The van der Waals surface area contributed by atoms with Gasteiger partial charge in [0.15, 0.2) is 0 Å². The number of hydrogen-bond donors (Lipinski definition) is 0. The molecule has 0 bridgehead atoms. The van der Waals surface area contributed by atoms with Crippen LogP contribution in [0.1, 0.15) is 11.3 Å². The van der Waals surface area contributed by atoms with Crippen molar-refractivity contribution < 1.29 is 18.3 Å². The number of fused-ring (bicyclic) bond motifs is 9. The monoisotopic (exact) mass is 1180 g/mol. The minimum atomic E-state index is -3.62. The molecular weight excluding hydrogens is 1130 g/mol. The number of thiophene rings is 2. The van der Waals surface area contributed by atoms with Gasteiger partial charge < -0.3 is 23.8 Å². The summed E-state index contributed by atoms with van der Waals surface area (Å²) in [7, 11) is -0.689. The van der Waals surface area contributed by atoms with Gasteiger partial charge in [-0.25, -0.2) is 4.57 Å². The fraction of sp³-hybridized carbons (Fsp3) is 0.0972. The smallest absolute Gasteiger partial charge is 0.497 e. The lowest BCUT2D eigenvalue weighted by Crippen LogP contribution is -2.58. The number of aromatic nitrogens is 2. The molecule has 0 fully saturated rings. The molecule has 0 saturated heterocycles. The normalized spacial score (nSPS) is 15.7. The fourth-order valence-corrected chi connectivity index (χ4v) is 22.3. The Hall–Kier alpha value is -9.12. The number of methoxy groups -OCH3 is 2. The summed E-state index contributed by atoms with van der Waals surface area (Å²) in [6, 6.07) is 75.9. The Morgan fingerprint density at radius 2 is 0.894 bits per heavy atom. The molecule has 0 unspecified atom stereocenters. The number of para-hydroxylation sites is 4. The number of rotatable bonds is 9. The lowest BCUT2D eigenvalue weighted by Gasteiger charge is -2.41. The molecule has 8 aromatic carbocycles. The first-order chi connectivity index (χ1) is 41.3. The van der Waals surface area contributed by atoms with Crippen molar-refractivity contribution in [3.8, 4) is 43.5 Å². The molecule has 0 radical (unpaired) electrons. The maximum atomic E-state index is 19.4. The maximum Gasteiger partial charge on any atom is 0.566 e. The number of benzene rings is 8. The fourth-order valence-electron chi connectivity index (χ4n) is 13.9. The minimum absolute atomic E-state index is 0.429. The Morgan fingerprint density at radius 1 is 0.471 bits per heavy atom. The largest absolute Gasteiger partial charge is 0.566 e. The Morgan fingerprint density at radius 3 is 1.35 bits per heavy atom. The molecule has 4 aliphatic rings. The molecule has 85 heavy (non-hydrogen) atoms. The van der Waals surface area contributed by atoms with Gasteiger partial charge in [0.2, 0.25) is 11.1 Å². The van der Waals surface area contributed by atoms with E-state index < -0.39 is 22.3 Å². The molecule has 13 heteroatoms. The molecule has 8 heterocycles. The molecule has 0 aliphatic carbocycles. The molecule has 414 valence electrons. The average molecular weight is 1180 g/mol. The second-order valence-corrected chi connectivity index (χ2v) is 34.0. The molecule has 0 spiro atoms. The molecule has 0 saturated carbocycles. The molecule has 7 nitrogen and oxygen atoms in total. The summed E-state index contributed by atoms with van der Waals surface area (Å²) < 4.78 is 56.2. The molecule has 0 N–H and O–H groups in total. The van der Waals surface area contributed by atoms with Crippen LogP contribution in [0.2, 0.25) is 26.2 Å². The van der Waals surface area contributed by atoms with E-state index in [0.717, 1.165) is 63.8 Å². The highest BCUT2D eigenvalue weighted by molar-refractivity contribution is 7.22. The number of allylic oxidation sites excluding steroid dienone is 1. The number of ether oxygens (including phenoxy) is 2. The van der Waals surface area contributed by atoms with Crippen LogP contribution in [-0.4, -0.2) is 39.5 Å². The predicted molar refractivity (Wildman–Crippen MR) is 353 cm³/mol. The van der Waals surface area contributed by atoms with Crippen LogP contribution in [0.5, 0.6) is 11.5 Å². The van der Waals surface area contributed by atoms with Crippen LogP contribution in [-0.2, 0) is 6.17 Å². The van der Waals surface area contributed by atoms with Gasteiger partial charge in [0.25, 0.3) is 0 Å². The van der Waals surface area contributed by atoms with E-state index in [1.807, 2.05) is 89.8 Å². The van der Waals surface area contributed by atoms with Crippen molar-refractivity contribution in [2.24, 2.45) is 0 Å². The Labute approximate surface area is 501 Å². The van der Waals surface area contributed by atoms with E-state index in [-0.39, 0.29) is 0 Å². The first-order valence-corrected chi connectivity index (χ1v) is 36.2. The molecule has 12 aromatic rings. The van der Waals surface area contributed by atoms with Crippen LogP contribution >= 0.6 is 22.7 Å². The van der Waals surface area contributed by atoms with E-state index in [1.165, 1.54) is 52.6 Å². The van der Waals surface area contributed by atoms with Crippen molar-refractivity contribution in [1.82, 2.24) is 13.7 Å². The zero-order valence-electron chi connectivity index (χ0n) is 47.6. The molecule has 0 amide bonds. The molecule has 4 aromatic heterocycles. The van der Waals surface area contributed by atoms with Gasteiger partial charge in [0.1, 0.15) is 37.9 Å². The van der Waals surface area contributed by atoms with E-state index in [4.69, 9.17) is 9.47 Å². The standard InChI is InChI=1S/C72H56F2N5O2S2Si2/c1-80-51-37-29-47(30-38-51)65-67-69(75-41-15-16-42-75)68-66(48-31-39-52(81-2)40-32-48)71-58(44-60(83-71)46-27-35-50(36-28-46)77-55-19-9-13-23-63(55)85(5,6)64-24-14-10-20-56(64)77)79(68)72(73,74)78(67)57-43-59(82-70(57)65)45-25-33-49(34-26-45)76-53-17-7-11-21-61(53)84(3,4)62-22-12-8-18-54(62)76/h7-44H,1-6H3/q+1. The average Bonchev–Trinajstić information content (AvgIpc) is 1.54. The SMILES string of the molecule is COc1ccc(C2=c3sc(-c4ccc(N5c6ccccc6[Si](C)(C)c6ccccc65)cc4)cc3=[N+]3C2=C(n2cccc2)c2c(-c4ccc(OC)cc4)c4sc(-c5ccc(N6c7ccccc7[Si](C)(C)c7ccccc76)cc5)cc4n2C3(F)F)cc1. The third-order valence-corrected chi connectivity index (χ3v) is 27.4. The van der Waals surface area contributed by atoms with Gasteiger partial charge >= 0.3 is 6.17 Å². The van der Waals surface area contributed by atoms with Crippen LogP contribution in [0.25, 0.3) is 53.5 Å². The summed E-state index contributed by atoms with van der Waals surface area (Å²) in [6.07, 6.45) is 0.321. The van der Waals surface area contributed by atoms with Gasteiger partial charge in [-0.15, -0.1) is 36.0 Å². The lowest BCUT2D eigenvalue weighted by molar-refractivity contribution is -0.124. The van der Waals surface area contributed by atoms with E-state index in [1.54, 1.807) is 36.9 Å². The zero-order valence-corrected chi connectivity index (χ0v) is 51.2. The van der Waals surface area contributed by atoms with Crippen molar-refractivity contribution in [2.45, 2.75) is 32.4 Å². The number of hydrogen-bond acceptors (Lipinski definition) is 6. The summed E-state index contributed by atoms with van der Waals surface area (Å²) in [5.41, 5.74) is 13.8. The zero-order chi connectivity index (χ0) is 57.7. The van der Waals surface area contributed by atoms with Gasteiger partial charge in [0, 0.05) is 67.9 Å². The molecular formula is C72H56F2N5O2S2Si2+. The summed E-state index contributed by atoms with van der Waals surface area (Å²) in [6.45, 7) is 9.72. The first-order valence-electron chi connectivity index (χ1n) is 28.6. The maximum absolute atomic E-state index is 19.4. The third kappa shape index (κ3) is 7.53. The van der Waals surface area contributed by atoms with Gasteiger partial charge in [0.05, 0.1) is 35.7 Å². The molecule has 16 rings (SSSR count). The van der Waals surface area contributed by atoms with Gasteiger partial charge in [-0.05, 0) is 134 Å². The van der Waals surface area contributed by atoms with Crippen molar-refractivity contribution >= 4 is 115 Å². The number of alkyl halides is 2. The number of halogens is 2. The summed E-state index contributed by atoms with van der Waals surface area (Å²) in [5.74, 6) is 1.36. The number of anilines is 6. The Balaban J connectivity index is 0.892. The minimum Gasteiger partial charge on any atom is -0.497 e. The van der Waals surface area contributed by atoms with Crippen LogP contribution in [0.3, 0.4) is 0 Å². The highest BCUT2D eigenvalue weighted by Crippen LogP contribution is 2.54. The van der Waals surface area contributed by atoms with E-state index in [0.29, 0.717) is 39.5 Å². The highest BCUT2D eigenvalue weighted by atomic mass is 32.1. The second-order valence-electron chi connectivity index (χ2n) is 23.3. The van der Waals surface area contributed by atoms with Crippen LogP contribution in [0, 0.1) is 0 Å². The third-order valence-electron chi connectivity index (χ3n) is 18.0. The summed E-state index contributed by atoms with van der Waals surface area (Å²) in [5, 5.41) is 6.01. The second kappa shape index (κ2) is 18.9. The Bertz CT molecular complexity index is 4790. The first kappa shape index (κ1) is 51.5. The van der Waals surface area contributed by atoms with Crippen LogP contribution in [0.4, 0.5) is 42.9 Å². The topological polar surface area (TPSA) is 37.8 Å². The summed E-state index contributed by atoms with van der Waals surface area (Å²) in [4.78, 5) is 6.53. The van der Waals surface area contributed by atoms with Gasteiger partial charge in [-0.1, -0.05) is 148 Å². The predicted octanol–water partition coefficient (Wildman–Crippen LogP) is 14.9.